The molecule has 2 atom stereocenters. The van der Waals surface area contributed by atoms with Crippen LogP contribution in [0.3, 0.4) is 0 Å². The van der Waals surface area contributed by atoms with Crippen molar-refractivity contribution in [3.8, 4) is 0 Å². The maximum absolute atomic E-state index is 3.68. The standard InChI is InChI=1S/C15H24BrN3/c1-12-8-17-13(10-18(2)3)11-19(9-12)15-7-5-4-6-14(15)16/h4-7,12-13,17H,8-11H2,1-3H3. The number of likely N-dealkylation sites (N-methyl/N-ethyl adjacent to an activating group) is 1. The van der Waals surface area contributed by atoms with Gasteiger partial charge >= 0.3 is 0 Å². The van der Waals surface area contributed by atoms with Crippen molar-refractivity contribution in [3.05, 3.63) is 28.7 Å². The number of anilines is 1. The van der Waals surface area contributed by atoms with Gasteiger partial charge < -0.3 is 15.1 Å². The molecule has 1 aliphatic heterocycles. The van der Waals surface area contributed by atoms with E-state index in [-0.39, 0.29) is 0 Å². The molecule has 19 heavy (non-hydrogen) atoms. The summed E-state index contributed by atoms with van der Waals surface area (Å²) in [4.78, 5) is 4.76. The fraction of sp³-hybridized carbons (Fsp3) is 0.600. The number of hydrogen-bond donors (Lipinski definition) is 1. The van der Waals surface area contributed by atoms with Crippen molar-refractivity contribution in [1.29, 1.82) is 0 Å². The molecule has 2 rings (SSSR count). The van der Waals surface area contributed by atoms with Crippen LogP contribution in [0.2, 0.25) is 0 Å². The molecule has 4 heteroatoms. The van der Waals surface area contributed by atoms with E-state index in [9.17, 15) is 0 Å². The van der Waals surface area contributed by atoms with E-state index < -0.39 is 0 Å². The Kier molecular flexibility index (Phi) is 5.25. The number of nitrogens with one attached hydrogen (secondary N) is 1. The van der Waals surface area contributed by atoms with Crippen molar-refractivity contribution in [3.63, 3.8) is 0 Å². The van der Waals surface area contributed by atoms with Gasteiger partial charge in [-0.3, -0.25) is 0 Å². The van der Waals surface area contributed by atoms with E-state index in [2.05, 4.69) is 76.3 Å². The summed E-state index contributed by atoms with van der Waals surface area (Å²) in [7, 11) is 4.28. The third-order valence-corrected chi connectivity index (χ3v) is 4.18. The molecule has 0 saturated carbocycles. The van der Waals surface area contributed by atoms with Crippen molar-refractivity contribution in [2.45, 2.75) is 13.0 Å². The largest absolute Gasteiger partial charge is 0.369 e. The minimum Gasteiger partial charge on any atom is -0.369 e. The van der Waals surface area contributed by atoms with Crippen LogP contribution in [0.25, 0.3) is 0 Å². The molecule has 1 aromatic carbocycles. The topological polar surface area (TPSA) is 18.5 Å². The Balaban J connectivity index is 2.15. The average molecular weight is 326 g/mol. The van der Waals surface area contributed by atoms with Crippen molar-refractivity contribution < 1.29 is 0 Å². The summed E-state index contributed by atoms with van der Waals surface area (Å²) >= 11 is 3.68. The SMILES string of the molecule is CC1CNC(CN(C)C)CN(c2ccccc2Br)C1. The van der Waals surface area contributed by atoms with Crippen LogP contribution in [0, 0.1) is 5.92 Å². The second-order valence-corrected chi connectivity index (χ2v) is 6.68. The van der Waals surface area contributed by atoms with Crippen LogP contribution in [0.4, 0.5) is 5.69 Å². The molecule has 1 aromatic rings. The van der Waals surface area contributed by atoms with E-state index in [0.717, 1.165) is 26.2 Å². The quantitative estimate of drug-likeness (QED) is 0.920. The van der Waals surface area contributed by atoms with E-state index in [1.165, 1.54) is 10.2 Å². The molecule has 1 saturated heterocycles. The molecule has 1 aliphatic rings. The zero-order valence-corrected chi connectivity index (χ0v) is 13.7. The predicted octanol–water partition coefficient (Wildman–Crippen LogP) is 2.42. The molecule has 0 spiro atoms. The summed E-state index contributed by atoms with van der Waals surface area (Å²) in [6.45, 7) is 6.66. The Morgan fingerprint density at radius 2 is 2.05 bits per heavy atom. The Labute approximate surface area is 125 Å². The third kappa shape index (κ3) is 4.20. The van der Waals surface area contributed by atoms with Gasteiger partial charge in [0.15, 0.2) is 0 Å². The van der Waals surface area contributed by atoms with E-state index in [1.807, 2.05) is 0 Å². The molecule has 3 nitrogen and oxygen atoms in total. The Bertz CT molecular complexity index is 408. The van der Waals surface area contributed by atoms with Crippen LogP contribution in [-0.4, -0.2) is 51.2 Å². The van der Waals surface area contributed by atoms with E-state index in [1.54, 1.807) is 0 Å². The van der Waals surface area contributed by atoms with Crippen LogP contribution < -0.4 is 10.2 Å². The molecule has 0 radical (unpaired) electrons. The number of rotatable bonds is 3. The number of nitrogens with zero attached hydrogens (tertiary/aromatic N) is 2. The highest BCUT2D eigenvalue weighted by molar-refractivity contribution is 9.10. The summed E-state index contributed by atoms with van der Waals surface area (Å²) in [6, 6.07) is 9.04. The van der Waals surface area contributed by atoms with E-state index in [0.29, 0.717) is 12.0 Å². The smallest absolute Gasteiger partial charge is 0.0511 e. The summed E-state index contributed by atoms with van der Waals surface area (Å²) in [5, 5.41) is 3.68. The van der Waals surface area contributed by atoms with Crippen LogP contribution in [-0.2, 0) is 0 Å². The molecular formula is C15H24BrN3. The first-order valence-electron chi connectivity index (χ1n) is 6.94. The molecule has 106 valence electrons. The molecule has 0 aliphatic carbocycles. The summed E-state index contributed by atoms with van der Waals surface area (Å²) in [6.07, 6.45) is 0. The normalized spacial score (nSPS) is 24.6. The van der Waals surface area contributed by atoms with E-state index in [4.69, 9.17) is 0 Å². The minimum atomic E-state index is 0.520. The Morgan fingerprint density at radius 1 is 1.32 bits per heavy atom. The Hall–Kier alpha value is -0.580. The highest BCUT2D eigenvalue weighted by Gasteiger charge is 2.22. The molecule has 1 heterocycles. The number of hydrogen-bond acceptors (Lipinski definition) is 3. The van der Waals surface area contributed by atoms with Crippen molar-refractivity contribution in [2.24, 2.45) is 5.92 Å². The number of halogens is 1. The molecule has 0 amide bonds. The van der Waals surface area contributed by atoms with Crippen LogP contribution in [0.5, 0.6) is 0 Å². The van der Waals surface area contributed by atoms with Crippen LogP contribution in [0.15, 0.2) is 28.7 Å². The molecular weight excluding hydrogens is 302 g/mol. The molecule has 0 bridgehead atoms. The van der Waals surface area contributed by atoms with Crippen LogP contribution >= 0.6 is 15.9 Å². The highest BCUT2D eigenvalue weighted by Crippen LogP contribution is 2.27. The second-order valence-electron chi connectivity index (χ2n) is 5.83. The van der Waals surface area contributed by atoms with Gasteiger partial charge in [0.2, 0.25) is 0 Å². The van der Waals surface area contributed by atoms with Gasteiger partial charge in [0.25, 0.3) is 0 Å². The molecule has 0 aromatic heterocycles. The van der Waals surface area contributed by atoms with Gasteiger partial charge in [-0.1, -0.05) is 19.1 Å². The molecule has 1 fully saturated rings. The zero-order chi connectivity index (χ0) is 13.8. The van der Waals surface area contributed by atoms with Gasteiger partial charge in [0, 0.05) is 30.1 Å². The summed E-state index contributed by atoms with van der Waals surface area (Å²) in [5.41, 5.74) is 1.31. The predicted molar refractivity (Wildman–Crippen MR) is 85.9 cm³/mol. The van der Waals surface area contributed by atoms with Gasteiger partial charge in [0.1, 0.15) is 0 Å². The zero-order valence-electron chi connectivity index (χ0n) is 12.1. The number of para-hydroxylation sites is 1. The van der Waals surface area contributed by atoms with Gasteiger partial charge in [-0.05, 0) is 54.6 Å². The lowest BCUT2D eigenvalue weighted by Crippen LogP contribution is -2.44. The Morgan fingerprint density at radius 3 is 2.74 bits per heavy atom. The lowest BCUT2D eigenvalue weighted by atomic mass is 10.1. The first-order chi connectivity index (χ1) is 9.06. The van der Waals surface area contributed by atoms with Gasteiger partial charge in [-0.15, -0.1) is 0 Å². The second kappa shape index (κ2) is 6.73. The first-order valence-corrected chi connectivity index (χ1v) is 7.73. The van der Waals surface area contributed by atoms with Crippen molar-refractivity contribution >= 4 is 21.6 Å². The third-order valence-electron chi connectivity index (χ3n) is 3.51. The fourth-order valence-electron chi connectivity index (χ4n) is 2.68. The van der Waals surface area contributed by atoms with Crippen molar-refractivity contribution in [1.82, 2.24) is 10.2 Å². The fourth-order valence-corrected chi connectivity index (χ4v) is 3.22. The first kappa shape index (κ1) is 14.8. The summed E-state index contributed by atoms with van der Waals surface area (Å²) < 4.78 is 1.19. The molecule has 1 N–H and O–H groups in total. The lowest BCUT2D eigenvalue weighted by Gasteiger charge is -2.29. The monoisotopic (exact) mass is 325 g/mol. The van der Waals surface area contributed by atoms with Crippen molar-refractivity contribution in [2.75, 3.05) is 45.2 Å². The van der Waals surface area contributed by atoms with Crippen LogP contribution in [0.1, 0.15) is 6.92 Å². The molecule has 2 unspecified atom stereocenters. The number of benzene rings is 1. The summed E-state index contributed by atoms with van der Waals surface area (Å²) in [5.74, 6) is 0.666. The average Bonchev–Trinajstić information content (AvgIpc) is 2.51. The maximum atomic E-state index is 3.68. The lowest BCUT2D eigenvalue weighted by molar-refractivity contribution is 0.342. The highest BCUT2D eigenvalue weighted by atomic mass is 79.9. The maximum Gasteiger partial charge on any atom is 0.0511 e. The minimum absolute atomic E-state index is 0.520. The van der Waals surface area contributed by atoms with Gasteiger partial charge in [-0.2, -0.15) is 0 Å². The van der Waals surface area contributed by atoms with E-state index >= 15 is 0 Å². The van der Waals surface area contributed by atoms with Gasteiger partial charge in [-0.25, -0.2) is 0 Å². The van der Waals surface area contributed by atoms with Gasteiger partial charge in [0.05, 0.1) is 5.69 Å².